The van der Waals surface area contributed by atoms with Gasteiger partial charge in [0.05, 0.1) is 18.5 Å². The van der Waals surface area contributed by atoms with Gasteiger partial charge in [0.15, 0.2) is 0 Å². The number of nitrogens with two attached hydrogens (primary N) is 1. The van der Waals surface area contributed by atoms with Gasteiger partial charge in [-0.1, -0.05) is 82.4 Å². The Kier molecular flexibility index (Phi) is 21.0. The highest BCUT2D eigenvalue weighted by Gasteiger charge is 2.32. The Morgan fingerprint density at radius 3 is 2.27 bits per heavy atom. The van der Waals surface area contributed by atoms with Crippen LogP contribution in [0, 0.1) is 17.8 Å². The molecule has 1 aromatic carbocycles. The van der Waals surface area contributed by atoms with Crippen molar-refractivity contribution in [3.05, 3.63) is 66.8 Å². The second kappa shape index (κ2) is 23.4. The molecule has 12 heteroatoms. The van der Waals surface area contributed by atoms with Crippen LogP contribution in [0.5, 0.6) is 0 Å². The zero-order valence-corrected chi connectivity index (χ0v) is 30.2. The number of unbranched alkanes of at least 4 members (excludes halogenated alkanes) is 1. The van der Waals surface area contributed by atoms with E-state index in [2.05, 4.69) is 46.3 Å². The average molecular weight is 710 g/mol. The van der Waals surface area contributed by atoms with E-state index in [-0.39, 0.29) is 61.8 Å². The van der Waals surface area contributed by atoms with Crippen molar-refractivity contribution in [3.63, 3.8) is 0 Å². The molecule has 1 heterocycles. The number of hydrogen-bond acceptors (Lipinski definition) is 6. The highest BCUT2D eigenvalue weighted by Crippen LogP contribution is 2.30. The number of halogens is 2. The van der Waals surface area contributed by atoms with Crippen molar-refractivity contribution in [2.24, 2.45) is 23.5 Å². The summed E-state index contributed by atoms with van der Waals surface area (Å²) in [7, 11) is 0. The number of aromatic nitrogens is 2. The number of benzene rings is 1. The van der Waals surface area contributed by atoms with Gasteiger partial charge in [0, 0.05) is 31.2 Å². The second-order valence-corrected chi connectivity index (χ2v) is 13.2. The minimum absolute atomic E-state index is 0. The van der Waals surface area contributed by atoms with Gasteiger partial charge in [0.1, 0.15) is 12.1 Å². The number of nitrogens with zero attached hydrogens (tertiary/aromatic N) is 1. The molecule has 1 fully saturated rings. The van der Waals surface area contributed by atoms with E-state index in [1.165, 1.54) is 12.7 Å². The molecule has 0 saturated heterocycles. The number of aliphatic hydroxyl groups excluding tert-OH is 1. The number of carbonyl (C=O) groups is 3. The van der Waals surface area contributed by atoms with Crippen LogP contribution >= 0.6 is 24.8 Å². The minimum atomic E-state index is -0.957. The Morgan fingerprint density at radius 2 is 1.67 bits per heavy atom. The molecule has 48 heavy (non-hydrogen) atoms. The summed E-state index contributed by atoms with van der Waals surface area (Å²) in [4.78, 5) is 47.8. The van der Waals surface area contributed by atoms with Crippen molar-refractivity contribution in [1.82, 2.24) is 25.9 Å². The molecule has 2 aromatic rings. The third kappa shape index (κ3) is 15.1. The fourth-order valence-electron chi connectivity index (χ4n) is 6.31. The predicted molar refractivity (Wildman–Crippen MR) is 196 cm³/mol. The number of aromatic amines is 1. The number of nitrogens with one attached hydrogen (secondary N) is 4. The van der Waals surface area contributed by atoms with Crippen molar-refractivity contribution >= 4 is 42.5 Å². The lowest BCUT2D eigenvalue weighted by molar-refractivity contribution is -0.132. The summed E-state index contributed by atoms with van der Waals surface area (Å²) in [6.07, 6.45) is 13.2. The first-order chi connectivity index (χ1) is 22.2. The van der Waals surface area contributed by atoms with E-state index in [0.29, 0.717) is 49.8 Å². The Balaban J connectivity index is 0.00000576. The number of aliphatic hydroxyl groups is 1. The standard InChI is InChI=1S/C36H56N6O4.2ClH/c1-4-28(25(2)3)21-33(43)30(19-26-13-7-5-8-14-26)41-36(46)32(22-29-23-38-24-39-29)42-35(45)31(20-27-15-9-6-10-16-27)40-34(44)17-11-12-18-37;;/h4,6,9-10,15-16,23-26,28,30-33,43H,1,5,7-8,11-14,17-22,37H2,2-3H3,(H,38,39)(H,40,44)(H,41,46)(H,42,45);2*1H/t28-,30-,31-,32-,33-;;/m0../s1. The van der Waals surface area contributed by atoms with E-state index in [9.17, 15) is 19.5 Å². The number of amides is 3. The third-order valence-electron chi connectivity index (χ3n) is 9.18. The van der Waals surface area contributed by atoms with Gasteiger partial charge < -0.3 is 31.8 Å². The van der Waals surface area contributed by atoms with Gasteiger partial charge in [-0.25, -0.2) is 4.98 Å². The first-order valence-corrected chi connectivity index (χ1v) is 17.1. The van der Waals surface area contributed by atoms with Gasteiger partial charge in [0.2, 0.25) is 17.7 Å². The lowest BCUT2D eigenvalue weighted by Gasteiger charge is -2.33. The highest BCUT2D eigenvalue weighted by atomic mass is 35.5. The molecule has 3 amide bonds. The summed E-state index contributed by atoms with van der Waals surface area (Å²) in [5.41, 5.74) is 7.16. The zero-order valence-electron chi connectivity index (χ0n) is 28.6. The molecule has 270 valence electrons. The molecule has 1 aliphatic rings. The van der Waals surface area contributed by atoms with Crippen LogP contribution in [0.15, 0.2) is 55.5 Å². The molecule has 0 aliphatic heterocycles. The van der Waals surface area contributed by atoms with Crippen LogP contribution in [0.4, 0.5) is 0 Å². The molecular formula is C36H58Cl2N6O4. The molecule has 3 rings (SSSR count). The fourth-order valence-corrected chi connectivity index (χ4v) is 6.31. The molecule has 0 radical (unpaired) electrons. The Labute approximate surface area is 299 Å². The number of rotatable bonds is 20. The fraction of sp³-hybridized carbons (Fsp3) is 0.611. The van der Waals surface area contributed by atoms with Crippen molar-refractivity contribution < 1.29 is 19.5 Å². The second-order valence-electron chi connectivity index (χ2n) is 13.2. The maximum atomic E-state index is 14.0. The quantitative estimate of drug-likeness (QED) is 0.0855. The Morgan fingerprint density at radius 1 is 1.00 bits per heavy atom. The smallest absolute Gasteiger partial charge is 0.243 e. The van der Waals surface area contributed by atoms with Crippen molar-refractivity contribution in [3.8, 4) is 0 Å². The topological polar surface area (TPSA) is 162 Å². The zero-order chi connectivity index (χ0) is 33.3. The van der Waals surface area contributed by atoms with E-state index in [1.54, 1.807) is 6.20 Å². The summed E-state index contributed by atoms with van der Waals surface area (Å²) in [6, 6.07) is 7.16. The van der Waals surface area contributed by atoms with Crippen LogP contribution < -0.4 is 21.7 Å². The molecule has 0 bridgehead atoms. The van der Waals surface area contributed by atoms with Crippen LogP contribution in [-0.2, 0) is 27.2 Å². The third-order valence-corrected chi connectivity index (χ3v) is 9.18. The SMILES string of the molecule is C=C[C@@H](C[C@H](O)[C@H](CC1CCCCC1)NC(=O)[C@H](Cc1cnc[nH]1)NC(=O)[C@H](Cc1ccccc1)NC(=O)CCCCN)C(C)C.Cl.Cl. The lowest BCUT2D eigenvalue weighted by Crippen LogP contribution is -2.57. The number of imidazole rings is 1. The van der Waals surface area contributed by atoms with Crippen LogP contribution in [0.25, 0.3) is 0 Å². The monoisotopic (exact) mass is 708 g/mol. The Hall–Kier alpha value is -2.92. The predicted octanol–water partition coefficient (Wildman–Crippen LogP) is 4.80. The Bertz CT molecular complexity index is 1190. The highest BCUT2D eigenvalue weighted by molar-refractivity contribution is 5.92. The maximum Gasteiger partial charge on any atom is 0.243 e. The summed E-state index contributed by atoms with van der Waals surface area (Å²) >= 11 is 0. The van der Waals surface area contributed by atoms with E-state index in [0.717, 1.165) is 31.2 Å². The average Bonchev–Trinajstić information content (AvgIpc) is 3.56. The van der Waals surface area contributed by atoms with Crippen LogP contribution in [-0.4, -0.2) is 63.6 Å². The largest absolute Gasteiger partial charge is 0.391 e. The van der Waals surface area contributed by atoms with E-state index in [1.807, 2.05) is 36.4 Å². The van der Waals surface area contributed by atoms with Crippen LogP contribution in [0.1, 0.15) is 89.3 Å². The number of allylic oxidation sites excluding steroid dienone is 1. The van der Waals surface area contributed by atoms with Gasteiger partial charge >= 0.3 is 0 Å². The number of hydrogen-bond donors (Lipinski definition) is 6. The van der Waals surface area contributed by atoms with Crippen LogP contribution in [0.2, 0.25) is 0 Å². The van der Waals surface area contributed by atoms with Crippen molar-refractivity contribution in [1.29, 1.82) is 0 Å². The molecule has 0 spiro atoms. The number of H-pyrrole nitrogens is 1. The van der Waals surface area contributed by atoms with Gasteiger partial charge in [-0.3, -0.25) is 14.4 Å². The van der Waals surface area contributed by atoms with Gasteiger partial charge in [-0.15, -0.1) is 31.4 Å². The normalized spacial score (nSPS) is 16.3. The van der Waals surface area contributed by atoms with E-state index in [4.69, 9.17) is 5.73 Å². The summed E-state index contributed by atoms with van der Waals surface area (Å²) in [6.45, 7) is 8.67. The van der Waals surface area contributed by atoms with E-state index >= 15 is 0 Å². The minimum Gasteiger partial charge on any atom is -0.391 e. The summed E-state index contributed by atoms with van der Waals surface area (Å²) in [5.74, 6) is -0.245. The van der Waals surface area contributed by atoms with E-state index < -0.39 is 30.1 Å². The van der Waals surface area contributed by atoms with Gasteiger partial charge in [-0.2, -0.15) is 0 Å². The first-order valence-electron chi connectivity index (χ1n) is 17.1. The summed E-state index contributed by atoms with van der Waals surface area (Å²) < 4.78 is 0. The molecule has 10 nitrogen and oxygen atoms in total. The molecule has 1 aliphatic carbocycles. The lowest BCUT2D eigenvalue weighted by atomic mass is 9.81. The number of carbonyl (C=O) groups excluding carboxylic acids is 3. The molecule has 1 aromatic heterocycles. The maximum absolute atomic E-state index is 14.0. The molecule has 1 saturated carbocycles. The van der Waals surface area contributed by atoms with Gasteiger partial charge in [0.25, 0.3) is 0 Å². The first kappa shape index (κ1) is 43.1. The summed E-state index contributed by atoms with van der Waals surface area (Å²) in [5, 5.41) is 20.4. The molecular weight excluding hydrogens is 651 g/mol. The van der Waals surface area contributed by atoms with Gasteiger partial charge in [-0.05, 0) is 55.5 Å². The molecule has 7 N–H and O–H groups in total. The molecule has 5 atom stereocenters. The molecule has 0 unspecified atom stereocenters. The van der Waals surface area contributed by atoms with Crippen molar-refractivity contribution in [2.75, 3.05) is 6.54 Å². The van der Waals surface area contributed by atoms with Crippen molar-refractivity contribution in [2.45, 2.75) is 115 Å². The van der Waals surface area contributed by atoms with Crippen LogP contribution in [0.3, 0.4) is 0 Å².